The van der Waals surface area contributed by atoms with Crippen molar-refractivity contribution in [3.05, 3.63) is 0 Å². The summed E-state index contributed by atoms with van der Waals surface area (Å²) in [5.41, 5.74) is 0. The smallest absolute Gasteiger partial charge is 0.414 e. The minimum absolute atomic E-state index is 0.503. The fourth-order valence-electron chi connectivity index (χ4n) is 0.798. The van der Waals surface area contributed by atoms with Crippen LogP contribution in [0.1, 0.15) is 20.8 Å². The Labute approximate surface area is 79.9 Å². The van der Waals surface area contributed by atoms with Gasteiger partial charge in [0.1, 0.15) is 0 Å². The van der Waals surface area contributed by atoms with Crippen LogP contribution in [0.4, 0.5) is 13.2 Å². The quantitative estimate of drug-likeness (QED) is 0.779. The molecule has 0 amide bonds. The third kappa shape index (κ3) is 3.95. The Morgan fingerprint density at radius 2 is 1.71 bits per heavy atom. The second-order valence-corrected chi connectivity index (χ2v) is 3.32. The van der Waals surface area contributed by atoms with Gasteiger partial charge in [-0.15, -0.1) is 0 Å². The zero-order valence-corrected chi connectivity index (χ0v) is 8.13. The highest BCUT2D eigenvalue weighted by Gasteiger charge is 2.40. The van der Waals surface area contributed by atoms with Crippen molar-refractivity contribution in [2.45, 2.75) is 39.2 Å². The van der Waals surface area contributed by atoms with Gasteiger partial charge in [0.15, 0.2) is 12.2 Å². The molecule has 0 aromatic carbocycles. The van der Waals surface area contributed by atoms with Crippen LogP contribution >= 0.6 is 0 Å². The fourth-order valence-corrected chi connectivity index (χ4v) is 0.798. The highest BCUT2D eigenvalue weighted by atomic mass is 19.4. The molecule has 0 radical (unpaired) electrons. The summed E-state index contributed by atoms with van der Waals surface area (Å²) in [5, 5.41) is 8.57. The molecule has 0 aliphatic carbocycles. The van der Waals surface area contributed by atoms with Crippen molar-refractivity contribution in [3.63, 3.8) is 0 Å². The lowest BCUT2D eigenvalue weighted by atomic mass is 10.1. The van der Waals surface area contributed by atoms with Gasteiger partial charge in [0.05, 0.1) is 0 Å². The lowest BCUT2D eigenvalue weighted by molar-refractivity contribution is -0.232. The number of carboxylic acids is 1. The molecule has 0 heterocycles. The first kappa shape index (κ1) is 13.2. The molecule has 0 aliphatic heterocycles. The third-order valence-corrected chi connectivity index (χ3v) is 1.66. The van der Waals surface area contributed by atoms with Crippen LogP contribution in [0.25, 0.3) is 0 Å². The minimum atomic E-state index is -4.53. The van der Waals surface area contributed by atoms with Gasteiger partial charge in [-0.05, 0) is 12.8 Å². The Morgan fingerprint density at radius 1 is 1.29 bits per heavy atom. The number of halogens is 3. The summed E-state index contributed by atoms with van der Waals surface area (Å²) in [6.07, 6.45) is -8.01. The first-order chi connectivity index (χ1) is 6.16. The lowest BCUT2D eigenvalue weighted by Crippen LogP contribution is -2.38. The number of carboxylic acid groups (broad SMARTS) is 1. The molecule has 6 heteroatoms. The molecule has 1 N–H and O–H groups in total. The molecule has 0 rings (SSSR count). The Hall–Kier alpha value is -0.780. The van der Waals surface area contributed by atoms with E-state index in [4.69, 9.17) is 5.11 Å². The summed E-state index contributed by atoms with van der Waals surface area (Å²) in [6, 6.07) is 0. The molecule has 84 valence electrons. The molecule has 0 fully saturated rings. The third-order valence-electron chi connectivity index (χ3n) is 1.66. The van der Waals surface area contributed by atoms with Crippen LogP contribution < -0.4 is 0 Å². The second kappa shape index (κ2) is 4.63. The van der Waals surface area contributed by atoms with Crippen LogP contribution in [0.2, 0.25) is 0 Å². The Balaban J connectivity index is 4.39. The van der Waals surface area contributed by atoms with Crippen LogP contribution in [0.5, 0.6) is 0 Å². The van der Waals surface area contributed by atoms with Crippen LogP contribution in [-0.2, 0) is 9.53 Å². The molecule has 14 heavy (non-hydrogen) atoms. The maximum Gasteiger partial charge on any atom is 0.414 e. The van der Waals surface area contributed by atoms with E-state index in [1.807, 2.05) is 0 Å². The Kier molecular flexibility index (Phi) is 4.38. The van der Waals surface area contributed by atoms with Gasteiger partial charge in [-0.25, -0.2) is 4.79 Å². The van der Waals surface area contributed by atoms with Crippen LogP contribution in [0.3, 0.4) is 0 Å². The Morgan fingerprint density at radius 3 is 1.93 bits per heavy atom. The van der Waals surface area contributed by atoms with E-state index < -0.39 is 30.3 Å². The summed E-state index contributed by atoms with van der Waals surface area (Å²) in [6.45, 7) is 3.77. The summed E-state index contributed by atoms with van der Waals surface area (Å²) >= 11 is 0. The maximum atomic E-state index is 12.0. The van der Waals surface area contributed by atoms with Crippen LogP contribution in [0, 0.1) is 5.92 Å². The summed E-state index contributed by atoms with van der Waals surface area (Å²) in [4.78, 5) is 10.5. The molecule has 0 bridgehead atoms. The van der Waals surface area contributed by atoms with E-state index in [0.29, 0.717) is 0 Å². The van der Waals surface area contributed by atoms with E-state index in [-0.39, 0.29) is 0 Å². The first-order valence-electron chi connectivity index (χ1n) is 4.11. The van der Waals surface area contributed by atoms with Gasteiger partial charge in [-0.1, -0.05) is 13.8 Å². The van der Waals surface area contributed by atoms with Gasteiger partial charge in [-0.2, -0.15) is 13.2 Å². The average molecular weight is 214 g/mol. The highest BCUT2D eigenvalue weighted by molar-refractivity contribution is 5.72. The molecule has 0 aromatic heterocycles. The van der Waals surface area contributed by atoms with Crippen molar-refractivity contribution in [2.75, 3.05) is 0 Å². The van der Waals surface area contributed by atoms with E-state index in [2.05, 4.69) is 4.74 Å². The molecule has 2 unspecified atom stereocenters. The second-order valence-electron chi connectivity index (χ2n) is 3.32. The van der Waals surface area contributed by atoms with Gasteiger partial charge < -0.3 is 9.84 Å². The predicted molar refractivity (Wildman–Crippen MR) is 42.9 cm³/mol. The van der Waals surface area contributed by atoms with E-state index in [9.17, 15) is 18.0 Å². The van der Waals surface area contributed by atoms with Crippen molar-refractivity contribution >= 4 is 5.97 Å². The number of hydrogen-bond donors (Lipinski definition) is 1. The molecule has 0 aliphatic rings. The molecule has 2 atom stereocenters. The molecular weight excluding hydrogens is 201 g/mol. The van der Waals surface area contributed by atoms with Gasteiger partial charge in [0, 0.05) is 0 Å². The zero-order valence-electron chi connectivity index (χ0n) is 8.13. The highest BCUT2D eigenvalue weighted by Crippen LogP contribution is 2.24. The van der Waals surface area contributed by atoms with E-state index in [1.54, 1.807) is 0 Å². The van der Waals surface area contributed by atoms with Crippen LogP contribution in [0.15, 0.2) is 0 Å². The molecule has 0 spiro atoms. The largest absolute Gasteiger partial charge is 0.479 e. The van der Waals surface area contributed by atoms with Crippen molar-refractivity contribution in [3.8, 4) is 0 Å². The molecular formula is C8H13F3O3. The van der Waals surface area contributed by atoms with Gasteiger partial charge >= 0.3 is 12.1 Å². The number of rotatable bonds is 4. The topological polar surface area (TPSA) is 46.5 Å². The fraction of sp³-hybridized carbons (Fsp3) is 0.875. The van der Waals surface area contributed by atoms with E-state index in [0.717, 1.165) is 6.92 Å². The molecule has 3 nitrogen and oxygen atoms in total. The standard InChI is InChI=1S/C8H13F3O3/c1-4(2)6(7(12)13)14-5(3)8(9,10)11/h4-6H,1-3H3,(H,12,13). The van der Waals surface area contributed by atoms with E-state index >= 15 is 0 Å². The number of carbonyl (C=O) groups is 1. The van der Waals surface area contributed by atoms with Gasteiger partial charge in [0.25, 0.3) is 0 Å². The lowest BCUT2D eigenvalue weighted by Gasteiger charge is -2.23. The van der Waals surface area contributed by atoms with Crippen molar-refractivity contribution in [1.29, 1.82) is 0 Å². The summed E-state index contributed by atoms with van der Waals surface area (Å²) in [7, 11) is 0. The molecule has 0 aromatic rings. The zero-order chi connectivity index (χ0) is 11.5. The maximum absolute atomic E-state index is 12.0. The number of alkyl halides is 3. The molecule has 0 saturated carbocycles. The normalized spacial score (nSPS) is 16.8. The first-order valence-corrected chi connectivity index (χ1v) is 4.11. The van der Waals surface area contributed by atoms with Gasteiger partial charge in [-0.3, -0.25) is 0 Å². The van der Waals surface area contributed by atoms with Crippen molar-refractivity contribution in [2.24, 2.45) is 5.92 Å². The van der Waals surface area contributed by atoms with E-state index in [1.165, 1.54) is 13.8 Å². The number of aliphatic carboxylic acids is 1. The average Bonchev–Trinajstić information content (AvgIpc) is 1.96. The minimum Gasteiger partial charge on any atom is -0.479 e. The number of ether oxygens (including phenoxy) is 1. The Bertz CT molecular complexity index is 200. The SMILES string of the molecule is CC(C)C(OC(C)C(F)(F)F)C(=O)O. The number of hydrogen-bond acceptors (Lipinski definition) is 2. The summed E-state index contributed by atoms with van der Waals surface area (Å²) in [5.74, 6) is -1.88. The predicted octanol–water partition coefficient (Wildman–Crippen LogP) is 2.06. The van der Waals surface area contributed by atoms with Gasteiger partial charge in [0.2, 0.25) is 0 Å². The summed E-state index contributed by atoms with van der Waals surface area (Å²) < 4.78 is 40.5. The monoisotopic (exact) mass is 214 g/mol. The molecule has 0 saturated heterocycles. The van der Waals surface area contributed by atoms with Crippen LogP contribution in [-0.4, -0.2) is 29.5 Å². The van der Waals surface area contributed by atoms with Crippen molar-refractivity contribution < 1.29 is 27.8 Å². The van der Waals surface area contributed by atoms with Crippen molar-refractivity contribution in [1.82, 2.24) is 0 Å².